The van der Waals surface area contributed by atoms with Gasteiger partial charge < -0.3 is 25.8 Å². The van der Waals surface area contributed by atoms with Crippen molar-refractivity contribution in [3.8, 4) is 22.5 Å². The first-order chi connectivity index (χ1) is 35.9. The number of nitrogens with zero attached hydrogens (tertiary/aromatic N) is 8. The van der Waals surface area contributed by atoms with Crippen molar-refractivity contribution in [1.82, 2.24) is 39.5 Å². The fourth-order valence-corrected chi connectivity index (χ4v) is 11.0. The number of rotatable bonds is 14. The van der Waals surface area contributed by atoms with Crippen LogP contribution in [0.25, 0.3) is 22.5 Å². The Hall–Kier alpha value is -6.25. The van der Waals surface area contributed by atoms with E-state index in [1.54, 1.807) is 28.9 Å². The summed E-state index contributed by atoms with van der Waals surface area (Å²) in [5.74, 6) is -0.212. The van der Waals surface area contributed by atoms with E-state index in [0.717, 1.165) is 142 Å². The fourth-order valence-electron chi connectivity index (χ4n) is 8.75. The number of pyridine rings is 2. The van der Waals surface area contributed by atoms with Crippen molar-refractivity contribution in [2.45, 2.75) is 40.3 Å². The average molecular weight is 1140 g/mol. The highest BCUT2D eigenvalue weighted by atomic mass is 127. The molecule has 6 heterocycles. The lowest BCUT2D eigenvalue weighted by Gasteiger charge is -2.32. The van der Waals surface area contributed by atoms with Gasteiger partial charge in [-0.2, -0.15) is 0 Å². The van der Waals surface area contributed by atoms with Gasteiger partial charge in [0, 0.05) is 150 Å². The summed E-state index contributed by atoms with van der Waals surface area (Å²) in [6.07, 6.45) is 7.98. The molecule has 2 amide bonds. The summed E-state index contributed by atoms with van der Waals surface area (Å²) in [5.41, 5.74) is 14.6. The summed E-state index contributed by atoms with van der Waals surface area (Å²) in [5, 5.41) is 15.5. The number of thiazole rings is 2. The van der Waals surface area contributed by atoms with E-state index in [2.05, 4.69) is 131 Å². The number of carbonyl (C=O) groups is 2. The molecule has 0 bridgehead atoms. The number of anilines is 4. The molecule has 2 aliphatic heterocycles. The molecule has 4 aromatic carbocycles. The van der Waals surface area contributed by atoms with Crippen LogP contribution in [0.5, 0.6) is 0 Å². The molecule has 0 aliphatic carbocycles. The van der Waals surface area contributed by atoms with Crippen LogP contribution in [-0.2, 0) is 19.5 Å². The van der Waals surface area contributed by atoms with Gasteiger partial charge in [-0.1, -0.05) is 30.3 Å². The van der Waals surface area contributed by atoms with Crippen molar-refractivity contribution in [2.75, 3.05) is 82.4 Å². The van der Waals surface area contributed by atoms with Gasteiger partial charge in [0.25, 0.3) is 11.8 Å². The van der Waals surface area contributed by atoms with Crippen LogP contribution in [0.15, 0.2) is 133 Å². The highest BCUT2D eigenvalue weighted by Gasteiger charge is 2.18. The number of hydrogen-bond acceptors (Lipinski definition) is 13. The number of piperazine rings is 2. The van der Waals surface area contributed by atoms with Crippen LogP contribution in [0.2, 0.25) is 0 Å². The second-order valence-electron chi connectivity index (χ2n) is 19.2. The average Bonchev–Trinajstić information content (AvgIpc) is 4.09. The van der Waals surface area contributed by atoms with E-state index in [-0.39, 0.29) is 11.8 Å². The molecule has 0 atom stereocenters. The van der Waals surface area contributed by atoms with Crippen LogP contribution in [-0.4, -0.2) is 118 Å². The zero-order valence-corrected chi connectivity index (χ0v) is 46.4. The van der Waals surface area contributed by atoms with E-state index in [1.807, 2.05) is 98.5 Å². The van der Waals surface area contributed by atoms with E-state index in [9.17, 15) is 9.59 Å². The highest BCUT2D eigenvalue weighted by molar-refractivity contribution is 14.1. The Labute approximate surface area is 456 Å². The van der Waals surface area contributed by atoms with Crippen molar-refractivity contribution in [3.05, 3.63) is 186 Å². The first-order valence-corrected chi connectivity index (χ1v) is 27.7. The molecule has 13 nitrogen and oxygen atoms in total. The van der Waals surface area contributed by atoms with E-state index in [1.165, 1.54) is 16.7 Å². The molecule has 380 valence electrons. The summed E-state index contributed by atoms with van der Waals surface area (Å²) in [4.78, 5) is 53.6. The van der Waals surface area contributed by atoms with Gasteiger partial charge in [-0.15, -0.1) is 22.7 Å². The Morgan fingerprint density at radius 2 is 1.24 bits per heavy atom. The van der Waals surface area contributed by atoms with Crippen LogP contribution in [0.3, 0.4) is 0 Å². The van der Waals surface area contributed by atoms with Gasteiger partial charge in [0.2, 0.25) is 0 Å². The smallest absolute Gasteiger partial charge is 0.255 e. The lowest BCUT2D eigenvalue weighted by molar-refractivity contribution is 0.101. The lowest BCUT2D eigenvalue weighted by atomic mass is 10.0. The molecular formula is C58H62IN11O2S2. The van der Waals surface area contributed by atoms with Gasteiger partial charge in [-0.25, -0.2) is 9.97 Å². The van der Waals surface area contributed by atoms with Gasteiger partial charge in [0.1, 0.15) is 0 Å². The molecule has 0 spiro atoms. The van der Waals surface area contributed by atoms with E-state index in [4.69, 9.17) is 9.97 Å². The van der Waals surface area contributed by atoms with Crippen molar-refractivity contribution >= 4 is 79.3 Å². The first kappa shape index (κ1) is 52.6. The SMILES string of the molecule is Cc1ccc(NC(=O)c2ccc(CN3CCN(C)CC3)c(I)c2)cc1Cc1nc(-c2cccnc2)cs1.Cc1cncc(-c2csc(Nc3cc(NC(=O)c4ccc(CN5CCN(C)CC5)cc4)ccc3C)n2)c1. The Kier molecular flexibility index (Phi) is 17.7. The Morgan fingerprint density at radius 1 is 0.608 bits per heavy atom. The summed E-state index contributed by atoms with van der Waals surface area (Å²) in [6.45, 7) is 16.7. The van der Waals surface area contributed by atoms with E-state index < -0.39 is 0 Å². The van der Waals surface area contributed by atoms with Crippen molar-refractivity contribution in [1.29, 1.82) is 0 Å². The molecule has 10 rings (SSSR count). The second kappa shape index (κ2) is 24.9. The third kappa shape index (κ3) is 14.3. The number of halogens is 1. The maximum atomic E-state index is 13.1. The molecule has 2 aliphatic rings. The number of hydrogen-bond donors (Lipinski definition) is 3. The van der Waals surface area contributed by atoms with Crippen LogP contribution in [0, 0.1) is 24.3 Å². The molecule has 2 fully saturated rings. The largest absolute Gasteiger partial charge is 0.331 e. The number of nitrogens with one attached hydrogen (secondary N) is 3. The lowest BCUT2D eigenvalue weighted by Crippen LogP contribution is -2.44. The molecule has 8 aromatic rings. The summed E-state index contributed by atoms with van der Waals surface area (Å²) >= 11 is 5.54. The first-order valence-electron chi connectivity index (χ1n) is 24.9. The quantitative estimate of drug-likeness (QED) is 0.0899. The molecule has 74 heavy (non-hydrogen) atoms. The van der Waals surface area contributed by atoms with Crippen LogP contribution in [0.4, 0.5) is 22.2 Å². The zero-order chi connectivity index (χ0) is 51.6. The third-order valence-electron chi connectivity index (χ3n) is 13.4. The molecular weight excluding hydrogens is 1070 g/mol. The molecule has 16 heteroatoms. The number of aryl methyl sites for hydroxylation is 3. The van der Waals surface area contributed by atoms with Gasteiger partial charge in [-0.3, -0.25) is 29.4 Å². The van der Waals surface area contributed by atoms with Crippen LogP contribution >= 0.6 is 45.3 Å². The molecule has 0 unspecified atom stereocenters. The predicted molar refractivity (Wildman–Crippen MR) is 311 cm³/mol. The normalized spacial score (nSPS) is 14.5. The molecule has 3 N–H and O–H groups in total. The van der Waals surface area contributed by atoms with Crippen molar-refractivity contribution in [3.63, 3.8) is 0 Å². The van der Waals surface area contributed by atoms with E-state index >= 15 is 0 Å². The van der Waals surface area contributed by atoms with Crippen LogP contribution < -0.4 is 16.0 Å². The van der Waals surface area contributed by atoms with Crippen molar-refractivity contribution in [2.24, 2.45) is 0 Å². The van der Waals surface area contributed by atoms with E-state index in [0.29, 0.717) is 11.1 Å². The monoisotopic (exact) mass is 1140 g/mol. The van der Waals surface area contributed by atoms with Gasteiger partial charge in [0.15, 0.2) is 5.13 Å². The van der Waals surface area contributed by atoms with Gasteiger partial charge >= 0.3 is 0 Å². The number of aromatic nitrogens is 4. The number of carbonyl (C=O) groups excluding carboxylic acids is 2. The summed E-state index contributed by atoms with van der Waals surface area (Å²) < 4.78 is 1.13. The van der Waals surface area contributed by atoms with Gasteiger partial charge in [-0.05, 0) is 158 Å². The molecule has 0 radical (unpaired) electrons. The Bertz CT molecular complexity index is 3180. The topological polar surface area (TPSA) is 135 Å². The highest BCUT2D eigenvalue weighted by Crippen LogP contribution is 2.31. The van der Waals surface area contributed by atoms with Gasteiger partial charge in [0.05, 0.1) is 16.4 Å². The summed E-state index contributed by atoms with van der Waals surface area (Å²) in [6, 6.07) is 31.9. The van der Waals surface area contributed by atoms with Crippen molar-refractivity contribution < 1.29 is 9.59 Å². The molecule has 0 saturated carbocycles. The standard InChI is InChI=1S/C29H30IN5OS.C29H32N6OS/c1-20-5-8-25(14-24(20)16-28-33-27(19-37-28)22-4-3-9-31-17-22)32-29(36)21-6-7-23(26(30)15-21)18-35-12-10-34(2)11-13-35;1-20-14-24(17-30-16-20)27-19-37-29(33-27)32-26-15-25(9-4-21(26)2)31-28(36)23-7-5-22(6-8-23)18-35-12-10-34(3)11-13-35/h3-9,14-15,17,19H,10-13,16,18H2,1-2H3,(H,32,36);4-9,14-17,19H,10-13,18H2,1-3H3,(H,31,36)(H,32,33). The second-order valence-corrected chi connectivity index (χ2v) is 22.2. The minimum atomic E-state index is -0.121. The Balaban J connectivity index is 0.000000182. The number of amides is 2. The fraction of sp³-hybridized carbons (Fsp3) is 0.276. The zero-order valence-electron chi connectivity index (χ0n) is 42.6. The Morgan fingerprint density at radius 3 is 1.93 bits per heavy atom. The molecule has 2 saturated heterocycles. The summed E-state index contributed by atoms with van der Waals surface area (Å²) in [7, 11) is 4.33. The van der Waals surface area contributed by atoms with Crippen LogP contribution in [0.1, 0.15) is 59.1 Å². The predicted octanol–water partition coefficient (Wildman–Crippen LogP) is 11.3. The maximum absolute atomic E-state index is 13.1. The third-order valence-corrected chi connectivity index (χ3v) is 16.0. The number of likely N-dealkylation sites (N-methyl/N-ethyl adjacent to an activating group) is 2. The number of benzene rings is 4. The maximum Gasteiger partial charge on any atom is 0.255 e. The minimum Gasteiger partial charge on any atom is -0.331 e. The minimum absolute atomic E-state index is 0.0908. The molecule has 4 aromatic heterocycles.